The number of anilines is 1. The van der Waals surface area contributed by atoms with Crippen LogP contribution in [0.2, 0.25) is 0 Å². The number of rotatable bonds is 2. The highest BCUT2D eigenvalue weighted by Crippen LogP contribution is 2.40. The van der Waals surface area contributed by atoms with Crippen LogP contribution in [0.3, 0.4) is 0 Å². The van der Waals surface area contributed by atoms with Gasteiger partial charge in [0.25, 0.3) is 0 Å². The maximum absolute atomic E-state index is 13.2. The van der Waals surface area contributed by atoms with Gasteiger partial charge in [-0.2, -0.15) is 28.1 Å². The molecular weight excluding hydrogens is 287 g/mol. The molecule has 2 N–H and O–H groups in total. The van der Waals surface area contributed by atoms with E-state index in [-0.39, 0.29) is 22.8 Å². The Morgan fingerprint density at radius 1 is 1.24 bits per heavy atom. The first-order valence-corrected chi connectivity index (χ1v) is 5.86. The minimum Gasteiger partial charge on any atom is -0.472 e. The Hall–Kier alpha value is -2.71. The summed E-state index contributed by atoms with van der Waals surface area (Å²) in [5.74, 6) is 0.0534. The lowest BCUT2D eigenvalue weighted by Crippen LogP contribution is -2.08. The first kappa shape index (κ1) is 13.3. The van der Waals surface area contributed by atoms with Gasteiger partial charge in [-0.05, 0) is 6.07 Å². The third kappa shape index (κ3) is 2.16. The molecule has 0 saturated carbocycles. The van der Waals surface area contributed by atoms with Crippen molar-refractivity contribution < 1.29 is 17.6 Å². The van der Waals surface area contributed by atoms with Crippen LogP contribution in [0.4, 0.5) is 19.0 Å². The molecule has 0 aliphatic heterocycles. The number of alkyl halides is 3. The zero-order valence-electron chi connectivity index (χ0n) is 10.8. The predicted molar refractivity (Wildman–Crippen MR) is 67.4 cm³/mol. The number of nitrogen functional groups attached to an aromatic ring is 1. The molecule has 0 saturated heterocycles. The second-order valence-electron chi connectivity index (χ2n) is 4.38. The molecule has 3 rings (SSSR count). The van der Waals surface area contributed by atoms with E-state index in [1.54, 1.807) is 13.2 Å². The maximum atomic E-state index is 13.2. The van der Waals surface area contributed by atoms with E-state index in [1.165, 1.54) is 29.3 Å². The maximum Gasteiger partial charge on any atom is 0.435 e. The van der Waals surface area contributed by atoms with Crippen molar-refractivity contribution in [1.29, 1.82) is 0 Å². The van der Waals surface area contributed by atoms with Crippen molar-refractivity contribution in [3.8, 4) is 16.9 Å². The highest BCUT2D eigenvalue weighted by Gasteiger charge is 2.40. The molecule has 0 radical (unpaired) electrons. The summed E-state index contributed by atoms with van der Waals surface area (Å²) < 4.78 is 46.7. The second kappa shape index (κ2) is 4.40. The van der Waals surface area contributed by atoms with Gasteiger partial charge in [0.2, 0.25) is 0 Å². The molecule has 0 aromatic carbocycles. The van der Waals surface area contributed by atoms with Crippen molar-refractivity contribution >= 4 is 5.82 Å². The van der Waals surface area contributed by atoms with Gasteiger partial charge in [-0.3, -0.25) is 4.68 Å². The molecular formula is C12H10F3N5O. The number of aryl methyl sites for hydroxylation is 1. The molecule has 0 fully saturated rings. The first-order chi connectivity index (χ1) is 9.88. The van der Waals surface area contributed by atoms with E-state index in [0.29, 0.717) is 0 Å². The minimum absolute atomic E-state index is 0.151. The van der Waals surface area contributed by atoms with Crippen LogP contribution in [0.25, 0.3) is 16.9 Å². The van der Waals surface area contributed by atoms with E-state index in [4.69, 9.17) is 10.2 Å². The van der Waals surface area contributed by atoms with Crippen LogP contribution in [0.1, 0.15) is 5.69 Å². The Morgan fingerprint density at radius 2 is 2.00 bits per heavy atom. The third-order valence-corrected chi connectivity index (χ3v) is 2.92. The van der Waals surface area contributed by atoms with Gasteiger partial charge in [-0.25, -0.2) is 0 Å². The van der Waals surface area contributed by atoms with E-state index < -0.39 is 11.9 Å². The second-order valence-corrected chi connectivity index (χ2v) is 4.38. The van der Waals surface area contributed by atoms with Crippen molar-refractivity contribution in [3.63, 3.8) is 0 Å². The zero-order valence-corrected chi connectivity index (χ0v) is 10.8. The van der Waals surface area contributed by atoms with Crippen LogP contribution in [0.5, 0.6) is 0 Å². The number of hydrogen-bond acceptors (Lipinski definition) is 4. The fourth-order valence-electron chi connectivity index (χ4n) is 2.01. The van der Waals surface area contributed by atoms with Crippen LogP contribution in [-0.4, -0.2) is 19.6 Å². The quantitative estimate of drug-likeness (QED) is 0.788. The van der Waals surface area contributed by atoms with Crippen molar-refractivity contribution in [2.24, 2.45) is 7.05 Å². The zero-order chi connectivity index (χ0) is 15.2. The van der Waals surface area contributed by atoms with Gasteiger partial charge in [0.05, 0.1) is 18.1 Å². The number of aromatic nitrogens is 4. The number of hydrogen-bond donors (Lipinski definition) is 1. The number of nitrogens with zero attached hydrogens (tertiary/aromatic N) is 4. The molecule has 3 aromatic heterocycles. The van der Waals surface area contributed by atoms with E-state index in [1.807, 2.05) is 0 Å². The monoisotopic (exact) mass is 297 g/mol. The Balaban J connectivity index is 2.25. The number of furan rings is 1. The van der Waals surface area contributed by atoms with Gasteiger partial charge in [0, 0.05) is 24.9 Å². The molecule has 3 aromatic rings. The van der Waals surface area contributed by atoms with E-state index in [2.05, 4.69) is 10.2 Å². The molecule has 0 atom stereocenters. The lowest BCUT2D eigenvalue weighted by Gasteiger charge is -2.04. The van der Waals surface area contributed by atoms with Crippen LogP contribution in [-0.2, 0) is 13.2 Å². The van der Waals surface area contributed by atoms with Gasteiger partial charge in [-0.15, -0.1) is 0 Å². The van der Waals surface area contributed by atoms with Crippen molar-refractivity contribution in [2.75, 3.05) is 5.73 Å². The molecule has 0 bridgehead atoms. The Morgan fingerprint density at radius 3 is 2.52 bits per heavy atom. The SMILES string of the molecule is Cn1ccc(-n2nc(C(F)(F)F)c(-c3ccoc3)c2N)n1. The molecule has 0 aliphatic rings. The molecule has 9 heteroatoms. The highest BCUT2D eigenvalue weighted by molar-refractivity contribution is 5.77. The Bertz CT molecular complexity index is 770. The standard InChI is InChI=1S/C12H10F3N5O/c1-19-4-2-8(17-19)20-11(16)9(7-3-5-21-6-7)10(18-20)12(13,14)15/h2-6H,16H2,1H3. The Labute approximate surface area is 116 Å². The average molecular weight is 297 g/mol. The number of nitrogens with two attached hydrogens (primary N) is 1. The molecule has 0 amide bonds. The summed E-state index contributed by atoms with van der Waals surface area (Å²) >= 11 is 0. The van der Waals surface area contributed by atoms with E-state index in [0.717, 1.165) is 4.68 Å². The minimum atomic E-state index is -4.64. The summed E-state index contributed by atoms with van der Waals surface area (Å²) in [5.41, 5.74) is 4.76. The third-order valence-electron chi connectivity index (χ3n) is 2.92. The van der Waals surface area contributed by atoms with Crippen LogP contribution >= 0.6 is 0 Å². The predicted octanol–water partition coefficient (Wildman–Crippen LogP) is 2.47. The topological polar surface area (TPSA) is 74.8 Å². The summed E-state index contributed by atoms with van der Waals surface area (Å²) in [7, 11) is 1.64. The summed E-state index contributed by atoms with van der Waals surface area (Å²) in [5, 5.41) is 7.58. The van der Waals surface area contributed by atoms with E-state index in [9.17, 15) is 13.2 Å². The summed E-state index contributed by atoms with van der Waals surface area (Å²) in [6.45, 7) is 0. The van der Waals surface area contributed by atoms with Gasteiger partial charge < -0.3 is 10.2 Å². The van der Waals surface area contributed by atoms with Gasteiger partial charge in [0.15, 0.2) is 11.5 Å². The number of halogens is 3. The molecule has 0 spiro atoms. The summed E-state index contributed by atoms with van der Waals surface area (Å²) in [6.07, 6.45) is -0.597. The van der Waals surface area contributed by atoms with Gasteiger partial charge in [-0.1, -0.05) is 0 Å². The Kier molecular flexibility index (Phi) is 2.78. The van der Waals surface area contributed by atoms with Gasteiger partial charge in [0.1, 0.15) is 5.82 Å². The molecule has 110 valence electrons. The summed E-state index contributed by atoms with van der Waals surface area (Å²) in [6, 6.07) is 2.91. The van der Waals surface area contributed by atoms with Crippen LogP contribution < -0.4 is 5.73 Å². The molecule has 6 nitrogen and oxygen atoms in total. The van der Waals surface area contributed by atoms with Crippen LogP contribution in [0, 0.1) is 0 Å². The van der Waals surface area contributed by atoms with Crippen LogP contribution in [0.15, 0.2) is 35.3 Å². The lowest BCUT2D eigenvalue weighted by molar-refractivity contribution is -0.140. The summed E-state index contributed by atoms with van der Waals surface area (Å²) in [4.78, 5) is 0. The lowest BCUT2D eigenvalue weighted by atomic mass is 10.1. The van der Waals surface area contributed by atoms with E-state index >= 15 is 0 Å². The van der Waals surface area contributed by atoms with Crippen molar-refractivity contribution in [1.82, 2.24) is 19.6 Å². The molecule has 0 aliphatic carbocycles. The highest BCUT2D eigenvalue weighted by atomic mass is 19.4. The average Bonchev–Trinajstić information content (AvgIpc) is 3.07. The smallest absolute Gasteiger partial charge is 0.435 e. The normalized spacial score (nSPS) is 12.0. The van der Waals surface area contributed by atoms with Gasteiger partial charge >= 0.3 is 6.18 Å². The van der Waals surface area contributed by atoms with Crippen molar-refractivity contribution in [3.05, 3.63) is 36.5 Å². The van der Waals surface area contributed by atoms with Crippen molar-refractivity contribution in [2.45, 2.75) is 6.18 Å². The first-order valence-electron chi connectivity index (χ1n) is 5.86. The molecule has 21 heavy (non-hydrogen) atoms. The molecule has 3 heterocycles. The fraction of sp³-hybridized carbons (Fsp3) is 0.167. The largest absolute Gasteiger partial charge is 0.472 e. The fourth-order valence-corrected chi connectivity index (χ4v) is 2.01. The molecule has 0 unspecified atom stereocenters.